The van der Waals surface area contributed by atoms with E-state index in [2.05, 4.69) is 121 Å². The topological polar surface area (TPSA) is 29.3 Å². The standard InChI is InChI=1S/C46H64NO2/c1-10-32-17-16-19-37(18-14-12-13-15-20-38-31-42(49-38)41(48)11-2)47(9)44-40(34-23-27-36(28-24-34)46(6,7)8)30-29-39(43(32)44)33-21-25-35(26-22-33)45(3,4)5/h21-30,37-38,42H,10-20,31H2,1-9H3/q+1. The van der Waals surface area contributed by atoms with E-state index in [9.17, 15) is 4.79 Å². The second-order valence-electron chi connectivity index (χ2n) is 16.9. The summed E-state index contributed by atoms with van der Waals surface area (Å²) in [6.07, 6.45) is 13.7. The van der Waals surface area contributed by atoms with Crippen molar-refractivity contribution in [1.82, 2.24) is 4.58 Å². The number of ether oxygens (including phenoxy) is 1. The minimum atomic E-state index is -0.122. The van der Waals surface area contributed by atoms with E-state index < -0.39 is 0 Å². The van der Waals surface area contributed by atoms with Crippen LogP contribution in [0, 0.1) is 0 Å². The number of fused-ring (bicyclic) bond motifs is 1. The molecule has 0 amide bonds. The number of hydrogen-bond donors (Lipinski definition) is 0. The van der Waals surface area contributed by atoms with Gasteiger partial charge in [-0.2, -0.15) is 0 Å². The first-order chi connectivity index (χ1) is 23.3. The predicted molar refractivity (Wildman–Crippen MR) is 209 cm³/mol. The van der Waals surface area contributed by atoms with Gasteiger partial charge in [0, 0.05) is 25.7 Å². The number of unbranched alkanes of at least 4 members (excludes halogenated alkanes) is 3. The zero-order valence-electron chi connectivity index (χ0n) is 32.3. The van der Waals surface area contributed by atoms with Crippen molar-refractivity contribution in [3.05, 3.63) is 82.4 Å². The number of rotatable bonds is 12. The monoisotopic (exact) mass is 662 g/mol. The summed E-state index contributed by atoms with van der Waals surface area (Å²) in [6.45, 7) is 18.1. The number of benzene rings is 3. The van der Waals surface area contributed by atoms with Crippen LogP contribution in [0.2, 0.25) is 0 Å². The lowest BCUT2D eigenvalue weighted by Crippen LogP contribution is -2.47. The SMILES string of the molecule is CCC(=O)C1CC(CCCCCCC2CCCC(CC)=c3c(-c4ccc(C(C)(C)C)cc4)ccc(-c4ccc(C(C)(C)C)cc4)c3=[N+]2C)O1. The van der Waals surface area contributed by atoms with E-state index >= 15 is 0 Å². The lowest BCUT2D eigenvalue weighted by molar-refractivity contribution is -0.161. The number of carbonyl (C=O) groups excluding carboxylic acids is 1. The van der Waals surface area contributed by atoms with Gasteiger partial charge in [-0.25, -0.2) is 4.58 Å². The molecule has 2 aliphatic rings. The Hall–Kier alpha value is -3.04. The molecule has 0 bridgehead atoms. The van der Waals surface area contributed by atoms with E-state index in [4.69, 9.17) is 4.74 Å². The number of hydrogen-bond acceptors (Lipinski definition) is 2. The molecule has 3 nitrogen and oxygen atoms in total. The van der Waals surface area contributed by atoms with Gasteiger partial charge in [-0.3, -0.25) is 4.79 Å². The largest absolute Gasteiger partial charge is 0.367 e. The van der Waals surface area contributed by atoms with Crippen molar-refractivity contribution in [2.24, 2.45) is 0 Å². The fourth-order valence-electron chi connectivity index (χ4n) is 8.02. The fourth-order valence-corrected chi connectivity index (χ4v) is 8.02. The van der Waals surface area contributed by atoms with Crippen LogP contribution < -0.4 is 15.2 Å². The third-order valence-corrected chi connectivity index (χ3v) is 11.4. The van der Waals surface area contributed by atoms with Gasteiger partial charge in [-0.15, -0.1) is 0 Å². The van der Waals surface area contributed by atoms with Crippen molar-refractivity contribution in [3.63, 3.8) is 0 Å². The molecule has 3 atom stereocenters. The lowest BCUT2D eigenvalue weighted by atomic mass is 9.84. The van der Waals surface area contributed by atoms with Crippen LogP contribution in [0.5, 0.6) is 0 Å². The molecule has 0 aliphatic carbocycles. The molecular formula is C46H64NO2+. The van der Waals surface area contributed by atoms with E-state index in [1.807, 2.05) is 6.92 Å². The average molecular weight is 663 g/mol. The molecule has 3 aromatic carbocycles. The Balaban J connectivity index is 1.48. The molecule has 5 rings (SSSR count). The Bertz CT molecular complexity index is 1690. The molecule has 0 saturated carbocycles. The number of carbonyl (C=O) groups is 1. The summed E-state index contributed by atoms with van der Waals surface area (Å²) in [5.74, 6) is 0.264. The van der Waals surface area contributed by atoms with Crippen molar-refractivity contribution in [1.29, 1.82) is 0 Å². The first-order valence-electron chi connectivity index (χ1n) is 19.5. The predicted octanol–water partition coefficient (Wildman–Crippen LogP) is 10.3. The van der Waals surface area contributed by atoms with Gasteiger partial charge in [-0.1, -0.05) is 135 Å². The maximum Gasteiger partial charge on any atom is 0.215 e. The van der Waals surface area contributed by atoms with Crippen molar-refractivity contribution in [3.8, 4) is 22.3 Å². The summed E-state index contributed by atoms with van der Waals surface area (Å²) in [5, 5.41) is 2.89. The molecule has 0 spiro atoms. The second-order valence-corrected chi connectivity index (χ2v) is 16.9. The maximum absolute atomic E-state index is 11.8. The highest BCUT2D eigenvalue weighted by Crippen LogP contribution is 2.30. The highest BCUT2D eigenvalue weighted by Gasteiger charge is 2.33. The van der Waals surface area contributed by atoms with Crippen molar-refractivity contribution < 1.29 is 9.53 Å². The molecule has 3 aromatic rings. The molecule has 2 heterocycles. The number of Topliss-reactive ketones (excluding diaryl/α,β-unsaturated/α-hetero) is 1. The third kappa shape index (κ3) is 8.83. The van der Waals surface area contributed by atoms with Gasteiger partial charge in [0.25, 0.3) is 0 Å². The quantitative estimate of drug-likeness (QED) is 0.143. The minimum Gasteiger partial charge on any atom is -0.367 e. The Kier molecular flexibility index (Phi) is 12.1. The highest BCUT2D eigenvalue weighted by molar-refractivity contribution is 5.83. The van der Waals surface area contributed by atoms with E-state index in [-0.39, 0.29) is 22.7 Å². The van der Waals surface area contributed by atoms with Gasteiger partial charge in [0.2, 0.25) is 5.36 Å². The molecule has 0 radical (unpaired) electrons. The van der Waals surface area contributed by atoms with E-state index in [1.165, 1.54) is 88.9 Å². The zero-order chi connectivity index (χ0) is 35.3. The maximum atomic E-state index is 11.8. The normalized spacial score (nSPS) is 20.0. The summed E-state index contributed by atoms with van der Waals surface area (Å²) >= 11 is 0. The van der Waals surface area contributed by atoms with Gasteiger partial charge < -0.3 is 4.74 Å². The van der Waals surface area contributed by atoms with Gasteiger partial charge in [0.05, 0.1) is 16.9 Å². The first-order valence-corrected chi connectivity index (χ1v) is 19.5. The van der Waals surface area contributed by atoms with Crippen LogP contribution in [-0.2, 0) is 20.4 Å². The van der Waals surface area contributed by atoms with Crippen LogP contribution in [0.25, 0.3) is 27.8 Å². The Labute approximate surface area is 297 Å². The fraction of sp³-hybridized carbons (Fsp3) is 0.565. The molecule has 0 aromatic heterocycles. The first kappa shape index (κ1) is 37.2. The molecule has 264 valence electrons. The molecule has 0 N–H and O–H groups in total. The van der Waals surface area contributed by atoms with E-state index in [0.717, 1.165) is 25.7 Å². The zero-order valence-corrected chi connectivity index (χ0v) is 32.3. The molecule has 1 fully saturated rings. The average Bonchev–Trinajstić information content (AvgIpc) is 3.05. The number of nitrogens with zero attached hydrogens (tertiary/aromatic N) is 1. The van der Waals surface area contributed by atoms with Crippen molar-refractivity contribution in [2.45, 2.75) is 162 Å². The summed E-state index contributed by atoms with van der Waals surface area (Å²) in [6, 6.07) is 24.1. The Morgan fingerprint density at radius 2 is 1.29 bits per heavy atom. The summed E-state index contributed by atoms with van der Waals surface area (Å²) in [7, 11) is 2.38. The molecule has 3 heteroatoms. The Morgan fingerprint density at radius 1 is 0.755 bits per heavy atom. The third-order valence-electron chi connectivity index (χ3n) is 11.4. The van der Waals surface area contributed by atoms with Gasteiger partial charge in [0.1, 0.15) is 13.2 Å². The minimum absolute atomic E-state index is 0.122. The van der Waals surface area contributed by atoms with Gasteiger partial charge >= 0.3 is 0 Å². The van der Waals surface area contributed by atoms with Crippen LogP contribution >= 0.6 is 0 Å². The van der Waals surface area contributed by atoms with E-state index in [0.29, 0.717) is 18.6 Å². The summed E-state index contributed by atoms with van der Waals surface area (Å²) < 4.78 is 8.54. The van der Waals surface area contributed by atoms with Gasteiger partial charge in [0.15, 0.2) is 11.8 Å². The van der Waals surface area contributed by atoms with Crippen LogP contribution in [0.3, 0.4) is 0 Å². The van der Waals surface area contributed by atoms with Crippen molar-refractivity contribution in [2.75, 3.05) is 7.05 Å². The second kappa shape index (κ2) is 15.9. The molecular weight excluding hydrogens is 599 g/mol. The van der Waals surface area contributed by atoms with Crippen LogP contribution in [0.4, 0.5) is 0 Å². The molecule has 49 heavy (non-hydrogen) atoms. The smallest absolute Gasteiger partial charge is 0.215 e. The van der Waals surface area contributed by atoms with Gasteiger partial charge in [-0.05, 0) is 76.8 Å². The Morgan fingerprint density at radius 3 is 1.82 bits per heavy atom. The summed E-state index contributed by atoms with van der Waals surface area (Å²) in [4.78, 5) is 11.8. The number of ketones is 1. The molecule has 3 unspecified atom stereocenters. The van der Waals surface area contributed by atoms with E-state index in [1.54, 1.807) is 5.57 Å². The van der Waals surface area contributed by atoms with Crippen LogP contribution in [-0.4, -0.2) is 31.1 Å². The molecule has 1 saturated heterocycles. The lowest BCUT2D eigenvalue weighted by Gasteiger charge is -2.34. The molecule has 2 aliphatic heterocycles. The summed E-state index contributed by atoms with van der Waals surface area (Å²) in [5.41, 5.74) is 9.95. The van der Waals surface area contributed by atoms with Crippen LogP contribution in [0.15, 0.2) is 60.7 Å². The van der Waals surface area contributed by atoms with Crippen molar-refractivity contribution >= 4 is 11.4 Å². The van der Waals surface area contributed by atoms with Crippen LogP contribution in [0.1, 0.15) is 144 Å². The highest BCUT2D eigenvalue weighted by atomic mass is 16.5.